The van der Waals surface area contributed by atoms with E-state index < -0.39 is 21.5 Å². The molecule has 0 radical (unpaired) electrons. The Morgan fingerprint density at radius 2 is 1.75 bits per heavy atom. The molecule has 1 aliphatic heterocycles. The molecule has 1 N–H and O–H groups in total. The Labute approximate surface area is 195 Å². The Morgan fingerprint density at radius 3 is 2.34 bits per heavy atom. The number of ether oxygens (including phenoxy) is 2. The maximum Gasteiger partial charge on any atom is 0.226 e. The molecule has 3 rings (SSSR count). The third-order valence-corrected chi connectivity index (χ3v) is 7.35. The van der Waals surface area contributed by atoms with Gasteiger partial charge in [0.15, 0.2) is 9.84 Å². The van der Waals surface area contributed by atoms with E-state index in [0.29, 0.717) is 40.3 Å². The zero-order valence-corrected chi connectivity index (χ0v) is 20.5. The molecular formula is C22H25BrN2O6S. The molecule has 2 aromatic rings. The maximum atomic E-state index is 13.2. The molecule has 8 nitrogen and oxygen atoms in total. The van der Waals surface area contributed by atoms with Crippen LogP contribution in [0.25, 0.3) is 0 Å². The third-order valence-electron chi connectivity index (χ3n) is 5.16. The van der Waals surface area contributed by atoms with Crippen molar-refractivity contribution in [2.45, 2.75) is 31.1 Å². The highest BCUT2D eigenvalue weighted by Gasteiger charge is 2.32. The molecule has 0 saturated heterocycles. The van der Waals surface area contributed by atoms with Gasteiger partial charge in [-0.3, -0.25) is 9.59 Å². The lowest BCUT2D eigenvalue weighted by Gasteiger charge is -2.20. The molecule has 0 bridgehead atoms. The van der Waals surface area contributed by atoms with Crippen molar-refractivity contribution in [2.75, 3.05) is 36.7 Å². The number of carbonyl (C=O) groups is 2. The lowest BCUT2D eigenvalue weighted by atomic mass is 10.2. The fourth-order valence-corrected chi connectivity index (χ4v) is 5.76. The van der Waals surface area contributed by atoms with Gasteiger partial charge in [0.05, 0.1) is 30.6 Å². The van der Waals surface area contributed by atoms with Gasteiger partial charge >= 0.3 is 0 Å². The second-order valence-electron chi connectivity index (χ2n) is 7.28. The van der Waals surface area contributed by atoms with Crippen LogP contribution in [-0.2, 0) is 25.8 Å². The highest BCUT2D eigenvalue weighted by atomic mass is 79.9. The van der Waals surface area contributed by atoms with E-state index in [0.717, 1.165) is 5.56 Å². The lowest BCUT2D eigenvalue weighted by Crippen LogP contribution is -2.29. The summed E-state index contributed by atoms with van der Waals surface area (Å²) in [6.07, 6.45) is 0.619. The Balaban J connectivity index is 1.79. The molecule has 0 saturated carbocycles. The summed E-state index contributed by atoms with van der Waals surface area (Å²) < 4.78 is 37.3. The van der Waals surface area contributed by atoms with Crippen LogP contribution in [0.15, 0.2) is 39.7 Å². The standard InChI is InChI=1S/C22H25BrN2O6S/c1-4-21(27)25-7-5-14-9-15(23)10-19(22(14)25)32(28,29)8-6-20(26)24-16-11-17(30-2)13-18(12-16)31-3/h9-13H,4-8H2,1-3H3,(H,24,26). The summed E-state index contributed by atoms with van der Waals surface area (Å²) in [5.41, 5.74) is 1.66. The molecule has 0 unspecified atom stereocenters. The molecule has 0 spiro atoms. The maximum absolute atomic E-state index is 13.2. The number of anilines is 2. The molecule has 0 aromatic heterocycles. The normalized spacial score (nSPS) is 12.9. The third kappa shape index (κ3) is 5.24. The van der Waals surface area contributed by atoms with Gasteiger partial charge in [0, 0.05) is 47.7 Å². The number of nitrogens with zero attached hydrogens (tertiary/aromatic N) is 1. The molecule has 172 valence electrons. The van der Waals surface area contributed by atoms with Crippen LogP contribution < -0.4 is 19.7 Å². The van der Waals surface area contributed by atoms with E-state index in [4.69, 9.17) is 9.47 Å². The largest absolute Gasteiger partial charge is 0.497 e. The molecule has 0 fully saturated rings. The average molecular weight is 525 g/mol. The van der Waals surface area contributed by atoms with Gasteiger partial charge in [-0.25, -0.2) is 8.42 Å². The van der Waals surface area contributed by atoms with Gasteiger partial charge in [-0.05, 0) is 24.1 Å². The van der Waals surface area contributed by atoms with Crippen molar-refractivity contribution in [1.29, 1.82) is 0 Å². The number of methoxy groups -OCH3 is 2. The fraction of sp³-hybridized carbons (Fsp3) is 0.364. The first-order valence-electron chi connectivity index (χ1n) is 10.1. The van der Waals surface area contributed by atoms with E-state index >= 15 is 0 Å². The summed E-state index contributed by atoms with van der Waals surface area (Å²) in [4.78, 5) is 26.4. The number of hydrogen-bond acceptors (Lipinski definition) is 6. The highest BCUT2D eigenvalue weighted by molar-refractivity contribution is 9.10. The van der Waals surface area contributed by atoms with Crippen LogP contribution in [0.1, 0.15) is 25.3 Å². The first-order valence-corrected chi connectivity index (χ1v) is 12.5. The lowest BCUT2D eigenvalue weighted by molar-refractivity contribution is -0.118. The molecule has 0 atom stereocenters. The molecule has 1 aliphatic rings. The Kier molecular flexibility index (Phi) is 7.45. The van der Waals surface area contributed by atoms with E-state index in [2.05, 4.69) is 21.2 Å². The van der Waals surface area contributed by atoms with Gasteiger partial charge in [-0.1, -0.05) is 22.9 Å². The molecule has 2 aromatic carbocycles. The summed E-state index contributed by atoms with van der Waals surface area (Å²) in [5, 5.41) is 2.68. The summed E-state index contributed by atoms with van der Waals surface area (Å²) in [6.45, 7) is 2.18. The summed E-state index contributed by atoms with van der Waals surface area (Å²) in [5.74, 6) is 0.0105. The van der Waals surface area contributed by atoms with E-state index in [9.17, 15) is 18.0 Å². The summed E-state index contributed by atoms with van der Waals surface area (Å²) >= 11 is 3.36. The van der Waals surface area contributed by atoms with Gasteiger partial charge in [0.1, 0.15) is 11.5 Å². The van der Waals surface area contributed by atoms with Crippen molar-refractivity contribution >= 4 is 49.0 Å². The van der Waals surface area contributed by atoms with Crippen LogP contribution in [0.4, 0.5) is 11.4 Å². The number of carbonyl (C=O) groups excluding carboxylic acids is 2. The molecule has 1 heterocycles. The van der Waals surface area contributed by atoms with Gasteiger partial charge in [-0.15, -0.1) is 0 Å². The van der Waals surface area contributed by atoms with Gasteiger partial charge in [0.25, 0.3) is 0 Å². The van der Waals surface area contributed by atoms with E-state index in [1.54, 1.807) is 25.1 Å². The topological polar surface area (TPSA) is 102 Å². The number of hydrogen-bond donors (Lipinski definition) is 1. The molecular weight excluding hydrogens is 500 g/mol. The first-order chi connectivity index (χ1) is 15.2. The van der Waals surface area contributed by atoms with E-state index in [1.165, 1.54) is 25.2 Å². The van der Waals surface area contributed by atoms with Crippen molar-refractivity contribution in [2.24, 2.45) is 0 Å². The van der Waals surface area contributed by atoms with Crippen molar-refractivity contribution in [3.05, 3.63) is 40.4 Å². The zero-order chi connectivity index (χ0) is 23.5. The second-order valence-corrected chi connectivity index (χ2v) is 10.3. The number of halogens is 1. The van der Waals surface area contributed by atoms with Crippen LogP contribution in [0.5, 0.6) is 11.5 Å². The van der Waals surface area contributed by atoms with Crippen LogP contribution >= 0.6 is 15.9 Å². The Bertz CT molecular complexity index is 1130. The number of fused-ring (bicyclic) bond motifs is 1. The van der Waals surface area contributed by atoms with Crippen molar-refractivity contribution in [1.82, 2.24) is 0 Å². The monoisotopic (exact) mass is 524 g/mol. The predicted molar refractivity (Wildman–Crippen MR) is 125 cm³/mol. The molecule has 2 amide bonds. The smallest absolute Gasteiger partial charge is 0.226 e. The van der Waals surface area contributed by atoms with Crippen LogP contribution in [0.3, 0.4) is 0 Å². The van der Waals surface area contributed by atoms with Crippen LogP contribution in [0, 0.1) is 0 Å². The predicted octanol–water partition coefficient (Wildman–Crippen LogP) is 3.57. The average Bonchev–Trinajstić information content (AvgIpc) is 3.19. The van der Waals surface area contributed by atoms with E-state index in [1.807, 2.05) is 6.07 Å². The minimum Gasteiger partial charge on any atom is -0.497 e. The van der Waals surface area contributed by atoms with E-state index in [-0.39, 0.29) is 23.6 Å². The van der Waals surface area contributed by atoms with Gasteiger partial charge in [0.2, 0.25) is 11.8 Å². The SMILES string of the molecule is CCC(=O)N1CCc2cc(Br)cc(S(=O)(=O)CCC(=O)Nc3cc(OC)cc(OC)c3)c21. The van der Waals surface area contributed by atoms with Gasteiger partial charge in [-0.2, -0.15) is 0 Å². The number of amides is 2. The zero-order valence-electron chi connectivity index (χ0n) is 18.1. The molecule has 32 heavy (non-hydrogen) atoms. The number of sulfone groups is 1. The number of nitrogens with one attached hydrogen (secondary N) is 1. The minimum atomic E-state index is -3.83. The van der Waals surface area contributed by atoms with Crippen molar-refractivity contribution in [3.8, 4) is 11.5 Å². The molecule has 10 heteroatoms. The van der Waals surface area contributed by atoms with Crippen molar-refractivity contribution in [3.63, 3.8) is 0 Å². The first kappa shape index (κ1) is 24.1. The quantitative estimate of drug-likeness (QED) is 0.566. The molecule has 0 aliphatic carbocycles. The minimum absolute atomic E-state index is 0.0667. The van der Waals surface area contributed by atoms with Crippen molar-refractivity contribution < 1.29 is 27.5 Å². The fourth-order valence-electron chi connectivity index (χ4n) is 3.59. The second kappa shape index (κ2) is 9.91. The highest BCUT2D eigenvalue weighted by Crippen LogP contribution is 2.38. The Hall–Kier alpha value is -2.59. The number of benzene rings is 2. The van der Waals surface area contributed by atoms with Crippen LogP contribution in [-0.4, -0.2) is 46.7 Å². The summed E-state index contributed by atoms with van der Waals surface area (Å²) in [7, 11) is -0.838. The van der Waals surface area contributed by atoms with Gasteiger partial charge < -0.3 is 19.7 Å². The number of rotatable bonds is 8. The summed E-state index contributed by atoms with van der Waals surface area (Å²) in [6, 6.07) is 8.23. The Morgan fingerprint density at radius 1 is 1.09 bits per heavy atom. The van der Waals surface area contributed by atoms with Crippen LogP contribution in [0.2, 0.25) is 0 Å².